The fraction of sp³-hybridized carbons (Fsp3) is 0.357. The van der Waals surface area contributed by atoms with Crippen LogP contribution in [0.5, 0.6) is 0 Å². The quantitative estimate of drug-likeness (QED) is 0.446. The highest BCUT2D eigenvalue weighted by atomic mass is 16.5. The van der Waals surface area contributed by atoms with Crippen molar-refractivity contribution < 1.29 is 14.3 Å². The van der Waals surface area contributed by atoms with Crippen LogP contribution in [0.15, 0.2) is 18.2 Å². The fourth-order valence-electron chi connectivity index (χ4n) is 1.76. The number of anilines is 2. The second-order valence-electron chi connectivity index (χ2n) is 5.85. The van der Waals surface area contributed by atoms with Crippen molar-refractivity contribution in [3.63, 3.8) is 0 Å². The van der Waals surface area contributed by atoms with E-state index >= 15 is 0 Å². The van der Waals surface area contributed by atoms with Crippen LogP contribution in [0.1, 0.15) is 20.8 Å². The fourth-order valence-corrected chi connectivity index (χ4v) is 1.76. The summed E-state index contributed by atoms with van der Waals surface area (Å²) in [5.74, 6) is 5.77. The monoisotopic (exact) mass is 305 g/mol. The molecule has 0 saturated carbocycles. The Morgan fingerprint density at radius 1 is 1.36 bits per heavy atom. The van der Waals surface area contributed by atoms with Gasteiger partial charge in [-0.05, 0) is 18.2 Å². The molecule has 0 spiro atoms. The summed E-state index contributed by atoms with van der Waals surface area (Å²) in [6.45, 7) is 5.47. The van der Waals surface area contributed by atoms with Crippen LogP contribution < -0.4 is 16.2 Å². The van der Waals surface area contributed by atoms with Crippen molar-refractivity contribution in [3.8, 4) is 0 Å². The van der Waals surface area contributed by atoms with E-state index in [0.717, 1.165) is 5.01 Å². The van der Waals surface area contributed by atoms with E-state index in [9.17, 15) is 9.59 Å². The highest BCUT2D eigenvalue weighted by molar-refractivity contribution is 6.01. The second kappa shape index (κ2) is 5.64. The number of ether oxygens (including phenoxy) is 1. The topological polar surface area (TPSA) is 113 Å². The molecule has 2 rings (SSSR count). The highest BCUT2D eigenvalue weighted by Crippen LogP contribution is 2.27. The van der Waals surface area contributed by atoms with Gasteiger partial charge in [0.1, 0.15) is 0 Å². The van der Waals surface area contributed by atoms with Crippen LogP contribution in [0.4, 0.5) is 16.3 Å². The van der Waals surface area contributed by atoms with Gasteiger partial charge in [0, 0.05) is 16.5 Å². The summed E-state index contributed by atoms with van der Waals surface area (Å²) in [6, 6.07) is 5.18. The molecule has 0 unspecified atom stereocenters. The van der Waals surface area contributed by atoms with Gasteiger partial charge in [-0.25, -0.2) is 10.6 Å². The van der Waals surface area contributed by atoms with Gasteiger partial charge in [0.25, 0.3) is 0 Å². The zero-order valence-electron chi connectivity index (χ0n) is 12.9. The first-order chi connectivity index (χ1) is 10.2. The maximum atomic E-state index is 12.0. The van der Waals surface area contributed by atoms with Gasteiger partial charge in [0.15, 0.2) is 5.82 Å². The number of amides is 2. The summed E-state index contributed by atoms with van der Waals surface area (Å²) >= 11 is 0. The lowest BCUT2D eigenvalue weighted by atomic mass is 9.95. The lowest BCUT2D eigenvalue weighted by molar-refractivity contribution is -0.123. The molecule has 2 aromatic rings. The van der Waals surface area contributed by atoms with Crippen molar-refractivity contribution in [2.24, 2.45) is 11.3 Å². The molecule has 0 aliphatic rings. The summed E-state index contributed by atoms with van der Waals surface area (Å²) in [6.07, 6.45) is -0.738. The van der Waals surface area contributed by atoms with E-state index in [1.165, 1.54) is 7.11 Å². The van der Waals surface area contributed by atoms with Crippen molar-refractivity contribution in [3.05, 3.63) is 18.2 Å². The molecule has 0 atom stereocenters. The molecule has 4 N–H and O–H groups in total. The normalized spacial score (nSPS) is 11.3. The SMILES string of the molecule is COC(=O)N(N)c1n[nH]c2ccc(NC(=O)C(C)(C)C)cc12. The van der Waals surface area contributed by atoms with E-state index in [2.05, 4.69) is 20.3 Å². The second-order valence-corrected chi connectivity index (χ2v) is 5.85. The average molecular weight is 305 g/mol. The number of rotatable bonds is 2. The summed E-state index contributed by atoms with van der Waals surface area (Å²) in [5.41, 5.74) is 0.761. The Hall–Kier alpha value is -2.61. The highest BCUT2D eigenvalue weighted by Gasteiger charge is 2.22. The number of hydrogen-bond donors (Lipinski definition) is 3. The van der Waals surface area contributed by atoms with Crippen LogP contribution in [0, 0.1) is 5.41 Å². The first kappa shape index (κ1) is 15.8. The minimum Gasteiger partial charge on any atom is -0.451 e. The Bertz CT molecular complexity index is 717. The number of carbonyl (C=O) groups is 2. The van der Waals surface area contributed by atoms with Crippen molar-refractivity contribution >= 4 is 34.4 Å². The molecular weight excluding hydrogens is 286 g/mol. The molecule has 22 heavy (non-hydrogen) atoms. The number of methoxy groups -OCH3 is 1. The van der Waals surface area contributed by atoms with Crippen molar-refractivity contribution in [2.75, 3.05) is 17.4 Å². The first-order valence-electron chi connectivity index (χ1n) is 6.66. The molecule has 118 valence electrons. The number of aromatic amines is 1. The molecule has 0 saturated heterocycles. The van der Waals surface area contributed by atoms with Gasteiger partial charge in [-0.1, -0.05) is 20.8 Å². The molecule has 1 aromatic heterocycles. The molecule has 0 aliphatic carbocycles. The van der Waals surface area contributed by atoms with Crippen molar-refractivity contribution in [1.82, 2.24) is 10.2 Å². The number of carbonyl (C=O) groups excluding carboxylic acids is 2. The van der Waals surface area contributed by atoms with Crippen LogP contribution in [-0.2, 0) is 9.53 Å². The van der Waals surface area contributed by atoms with Crippen molar-refractivity contribution in [2.45, 2.75) is 20.8 Å². The van der Waals surface area contributed by atoms with E-state index in [0.29, 0.717) is 16.6 Å². The number of H-pyrrole nitrogens is 1. The summed E-state index contributed by atoms with van der Waals surface area (Å²) in [5, 5.41) is 11.0. The van der Waals surface area contributed by atoms with Crippen LogP contribution in [0.3, 0.4) is 0 Å². The minimum absolute atomic E-state index is 0.116. The van der Waals surface area contributed by atoms with Crippen LogP contribution >= 0.6 is 0 Å². The third kappa shape index (κ3) is 3.01. The Morgan fingerprint density at radius 2 is 2.05 bits per heavy atom. The summed E-state index contributed by atoms with van der Waals surface area (Å²) < 4.78 is 4.56. The molecule has 0 radical (unpaired) electrons. The molecule has 0 fully saturated rings. The van der Waals surface area contributed by atoms with E-state index in [4.69, 9.17) is 5.84 Å². The lowest BCUT2D eigenvalue weighted by Crippen LogP contribution is -2.37. The Labute approximate surface area is 127 Å². The molecule has 0 aliphatic heterocycles. The maximum Gasteiger partial charge on any atom is 0.430 e. The minimum atomic E-state index is -0.738. The van der Waals surface area contributed by atoms with E-state index in [1.54, 1.807) is 18.2 Å². The van der Waals surface area contributed by atoms with Gasteiger partial charge >= 0.3 is 6.09 Å². The molecule has 1 heterocycles. The Morgan fingerprint density at radius 3 is 2.64 bits per heavy atom. The first-order valence-corrected chi connectivity index (χ1v) is 6.66. The van der Waals surface area contributed by atoms with E-state index in [1.807, 2.05) is 20.8 Å². The zero-order valence-corrected chi connectivity index (χ0v) is 12.9. The Balaban J connectivity index is 2.37. The summed E-state index contributed by atoms with van der Waals surface area (Å²) in [4.78, 5) is 23.5. The lowest BCUT2D eigenvalue weighted by Gasteiger charge is -2.18. The number of fused-ring (bicyclic) bond motifs is 1. The van der Waals surface area contributed by atoms with Crippen molar-refractivity contribution in [1.29, 1.82) is 0 Å². The van der Waals surface area contributed by atoms with E-state index < -0.39 is 11.5 Å². The molecule has 2 amide bonds. The number of aromatic nitrogens is 2. The standard InChI is InChI=1S/C14H19N5O3/c1-14(2,3)12(20)16-8-5-6-10-9(7-8)11(18-17-10)19(15)13(21)22-4/h5-7H,15H2,1-4H3,(H,16,20)(H,17,18). The van der Waals surface area contributed by atoms with E-state index in [-0.39, 0.29) is 11.7 Å². The number of nitrogens with one attached hydrogen (secondary N) is 2. The van der Waals surface area contributed by atoms with Crippen LogP contribution in [0.2, 0.25) is 0 Å². The third-order valence-corrected chi connectivity index (χ3v) is 3.08. The van der Waals surface area contributed by atoms with Gasteiger partial charge in [-0.2, -0.15) is 10.1 Å². The maximum absolute atomic E-state index is 12.0. The van der Waals surface area contributed by atoms with Gasteiger partial charge < -0.3 is 10.1 Å². The number of hydrazine groups is 1. The number of hydrogen-bond acceptors (Lipinski definition) is 5. The van der Waals surface area contributed by atoms with Crippen LogP contribution in [-0.4, -0.2) is 29.3 Å². The largest absolute Gasteiger partial charge is 0.451 e. The number of nitrogens with zero attached hydrogens (tertiary/aromatic N) is 2. The molecule has 8 heteroatoms. The summed E-state index contributed by atoms with van der Waals surface area (Å²) in [7, 11) is 1.23. The molecule has 1 aromatic carbocycles. The van der Waals surface area contributed by atoms with Gasteiger partial charge in [-0.3, -0.25) is 9.89 Å². The smallest absolute Gasteiger partial charge is 0.430 e. The van der Waals surface area contributed by atoms with Gasteiger partial charge in [-0.15, -0.1) is 0 Å². The predicted octanol–water partition coefficient (Wildman–Crippen LogP) is 1.99. The number of nitrogens with two attached hydrogens (primary N) is 1. The Kier molecular flexibility index (Phi) is 4.05. The predicted molar refractivity (Wildman–Crippen MR) is 83.2 cm³/mol. The van der Waals surface area contributed by atoms with Gasteiger partial charge in [0.2, 0.25) is 5.91 Å². The molecule has 0 bridgehead atoms. The third-order valence-electron chi connectivity index (χ3n) is 3.08. The molecular formula is C14H19N5O3. The number of benzene rings is 1. The van der Waals surface area contributed by atoms with Gasteiger partial charge in [0.05, 0.1) is 12.6 Å². The van der Waals surface area contributed by atoms with Crippen LogP contribution in [0.25, 0.3) is 10.9 Å². The average Bonchev–Trinajstić information content (AvgIpc) is 2.87. The molecule has 8 nitrogen and oxygen atoms in total. The zero-order chi connectivity index (χ0) is 16.5.